The first-order valence-corrected chi connectivity index (χ1v) is 20.0. The number of fused-ring (bicyclic) bond motifs is 1. The Hall–Kier alpha value is -5.43. The third-order valence-electron chi connectivity index (χ3n) is 9.55. The van der Waals surface area contributed by atoms with Gasteiger partial charge in [0.05, 0.1) is 37.4 Å². The number of rotatable bonds is 13. The van der Waals surface area contributed by atoms with Crippen molar-refractivity contribution in [1.82, 2.24) is 24.6 Å². The molecule has 0 atom stereocenters. The van der Waals surface area contributed by atoms with E-state index in [1.165, 1.54) is 0 Å². The van der Waals surface area contributed by atoms with Crippen LogP contribution in [0.2, 0.25) is 0 Å². The molecule has 0 saturated carbocycles. The van der Waals surface area contributed by atoms with Gasteiger partial charge in [0.25, 0.3) is 0 Å². The quantitative estimate of drug-likeness (QED) is 0.0876. The third kappa shape index (κ3) is 9.86. The summed E-state index contributed by atoms with van der Waals surface area (Å²) in [4.78, 5) is 26.5. The van der Waals surface area contributed by atoms with Crippen molar-refractivity contribution in [2.45, 2.75) is 50.8 Å². The van der Waals surface area contributed by atoms with E-state index in [9.17, 15) is 4.79 Å². The molecular formula is C44H49N7O4S. The lowest BCUT2D eigenvalue weighted by molar-refractivity contribution is 0.0381. The normalized spacial score (nSPS) is 13.4. The Labute approximate surface area is 332 Å². The second-order valence-corrected chi connectivity index (χ2v) is 16.1. The van der Waals surface area contributed by atoms with Gasteiger partial charge in [0.1, 0.15) is 23.1 Å². The fraction of sp³-hybridized carbons (Fsp3) is 0.318. The first kappa shape index (κ1) is 38.8. The monoisotopic (exact) mass is 771 g/mol. The van der Waals surface area contributed by atoms with Crippen molar-refractivity contribution >= 4 is 40.1 Å². The zero-order chi connectivity index (χ0) is 39.1. The maximum absolute atomic E-state index is 13.5. The zero-order valence-corrected chi connectivity index (χ0v) is 33.5. The zero-order valence-electron chi connectivity index (χ0n) is 32.7. The van der Waals surface area contributed by atoms with Crippen molar-refractivity contribution in [3.05, 3.63) is 120 Å². The number of morpholine rings is 1. The van der Waals surface area contributed by atoms with E-state index in [4.69, 9.17) is 24.3 Å². The molecule has 2 amide bonds. The molecule has 0 unspecified atom stereocenters. The molecule has 56 heavy (non-hydrogen) atoms. The van der Waals surface area contributed by atoms with Crippen molar-refractivity contribution < 1.29 is 19.0 Å². The van der Waals surface area contributed by atoms with Crippen LogP contribution in [0, 0.1) is 6.92 Å². The maximum atomic E-state index is 13.5. The van der Waals surface area contributed by atoms with Crippen molar-refractivity contribution in [2.24, 2.45) is 0 Å². The number of nitrogens with zero attached hydrogens (tertiary/aromatic N) is 5. The number of carbonyl (C=O) groups is 1. The first-order chi connectivity index (χ1) is 27.1. The Morgan fingerprint density at radius 1 is 0.929 bits per heavy atom. The van der Waals surface area contributed by atoms with Crippen LogP contribution in [0.5, 0.6) is 17.4 Å². The second-order valence-electron chi connectivity index (χ2n) is 14.9. The van der Waals surface area contributed by atoms with Crippen LogP contribution in [0.25, 0.3) is 16.5 Å². The minimum atomic E-state index is -0.384. The van der Waals surface area contributed by atoms with Crippen LogP contribution < -0.4 is 20.1 Å². The van der Waals surface area contributed by atoms with Gasteiger partial charge >= 0.3 is 6.03 Å². The highest BCUT2D eigenvalue weighted by Gasteiger charge is 2.22. The van der Waals surface area contributed by atoms with Crippen molar-refractivity contribution in [3.8, 4) is 23.1 Å². The van der Waals surface area contributed by atoms with Gasteiger partial charge in [-0.25, -0.2) is 14.5 Å². The highest BCUT2D eigenvalue weighted by atomic mass is 32.2. The number of aryl methyl sites for hydroxylation is 1. The fourth-order valence-electron chi connectivity index (χ4n) is 6.51. The van der Waals surface area contributed by atoms with E-state index in [2.05, 4.69) is 53.4 Å². The Morgan fingerprint density at radius 3 is 2.48 bits per heavy atom. The molecule has 0 spiro atoms. The van der Waals surface area contributed by atoms with Gasteiger partial charge in [0, 0.05) is 58.9 Å². The van der Waals surface area contributed by atoms with E-state index in [0.717, 1.165) is 88.9 Å². The smallest absolute Gasteiger partial charge is 0.324 e. The number of hydrogen-bond donors (Lipinski definition) is 2. The molecule has 12 heteroatoms. The Balaban J connectivity index is 1.04. The van der Waals surface area contributed by atoms with Gasteiger partial charge in [-0.1, -0.05) is 62.7 Å². The van der Waals surface area contributed by atoms with E-state index in [-0.39, 0.29) is 11.4 Å². The fourth-order valence-corrected chi connectivity index (χ4v) is 7.46. The number of amides is 2. The van der Waals surface area contributed by atoms with Crippen molar-refractivity contribution in [2.75, 3.05) is 56.3 Å². The number of benzene rings is 4. The summed E-state index contributed by atoms with van der Waals surface area (Å²) >= 11 is 1.84. The summed E-state index contributed by atoms with van der Waals surface area (Å²) in [6, 6.07) is 29.1. The largest absolute Gasteiger partial charge is 0.497 e. The molecule has 1 aliphatic rings. The van der Waals surface area contributed by atoms with Crippen LogP contribution in [0.3, 0.4) is 0 Å². The summed E-state index contributed by atoms with van der Waals surface area (Å²) in [7, 11) is 1.69. The van der Waals surface area contributed by atoms with Crippen LogP contribution in [0.4, 0.5) is 16.3 Å². The second kappa shape index (κ2) is 17.6. The first-order valence-electron chi connectivity index (χ1n) is 19.0. The molecule has 6 aromatic rings. The molecule has 2 N–H and O–H groups in total. The molecule has 1 saturated heterocycles. The molecule has 4 aromatic carbocycles. The standard InChI is InChI=1S/C44H49N7O4S/c1-30-11-13-32(14-12-30)51-41(29-39(49-51)44(2,3)4)48-43(52)46-37-15-16-38(36-10-7-6-9-35(36)37)55-42-17-18-45-40(47-42)27-31-25-33(53-5)28-34(26-31)56-24-8-19-50-20-22-54-23-21-50/h6-7,9-18,25-26,28-29H,8,19-24,27H2,1-5H3,(H2,46,48,52). The number of urea groups is 1. The molecule has 3 heterocycles. The van der Waals surface area contributed by atoms with Crippen LogP contribution >= 0.6 is 11.8 Å². The molecular weight excluding hydrogens is 723 g/mol. The van der Waals surface area contributed by atoms with Gasteiger partial charge in [-0.15, -0.1) is 11.8 Å². The van der Waals surface area contributed by atoms with E-state index in [0.29, 0.717) is 35.4 Å². The number of nitrogens with one attached hydrogen (secondary N) is 2. The predicted molar refractivity (Wildman–Crippen MR) is 224 cm³/mol. The molecule has 0 aliphatic carbocycles. The number of carbonyl (C=O) groups excluding carboxylic acids is 1. The van der Waals surface area contributed by atoms with Crippen molar-refractivity contribution in [1.29, 1.82) is 0 Å². The molecule has 1 fully saturated rings. The number of methoxy groups -OCH3 is 1. The van der Waals surface area contributed by atoms with E-state index in [1.54, 1.807) is 24.1 Å². The summed E-state index contributed by atoms with van der Waals surface area (Å²) in [5.41, 5.74) is 4.36. The van der Waals surface area contributed by atoms with Gasteiger partial charge in [-0.2, -0.15) is 10.1 Å². The number of thioether (sulfide) groups is 1. The average molecular weight is 772 g/mol. The highest BCUT2D eigenvalue weighted by Crippen LogP contribution is 2.35. The number of hydrogen-bond acceptors (Lipinski definition) is 9. The Bertz CT molecular complexity index is 2280. The molecule has 11 nitrogen and oxygen atoms in total. The number of anilines is 2. The average Bonchev–Trinajstić information content (AvgIpc) is 3.62. The van der Waals surface area contributed by atoms with Crippen molar-refractivity contribution in [3.63, 3.8) is 0 Å². The molecule has 290 valence electrons. The maximum Gasteiger partial charge on any atom is 0.324 e. The summed E-state index contributed by atoms with van der Waals surface area (Å²) in [6.07, 6.45) is 3.35. The minimum Gasteiger partial charge on any atom is -0.497 e. The van der Waals surface area contributed by atoms with Gasteiger partial charge in [-0.3, -0.25) is 10.2 Å². The molecule has 1 aliphatic heterocycles. The Morgan fingerprint density at radius 2 is 1.71 bits per heavy atom. The number of ether oxygens (including phenoxy) is 3. The summed E-state index contributed by atoms with van der Waals surface area (Å²) < 4.78 is 19.3. The predicted octanol–water partition coefficient (Wildman–Crippen LogP) is 9.27. The lowest BCUT2D eigenvalue weighted by atomic mass is 9.92. The summed E-state index contributed by atoms with van der Waals surface area (Å²) in [6.45, 7) is 13.1. The van der Waals surface area contributed by atoms with Gasteiger partial charge in [0.2, 0.25) is 5.88 Å². The minimum absolute atomic E-state index is 0.208. The van der Waals surface area contributed by atoms with Crippen LogP contribution in [-0.2, 0) is 16.6 Å². The van der Waals surface area contributed by atoms with E-state index >= 15 is 0 Å². The lowest BCUT2D eigenvalue weighted by Crippen LogP contribution is -2.36. The molecule has 0 bridgehead atoms. The summed E-state index contributed by atoms with van der Waals surface area (Å²) in [5, 5.41) is 12.6. The molecule has 7 rings (SSSR count). The van der Waals surface area contributed by atoms with Gasteiger partial charge in [0.15, 0.2) is 0 Å². The van der Waals surface area contributed by atoms with Gasteiger partial charge < -0.3 is 19.5 Å². The SMILES string of the molecule is COc1cc(Cc2nccc(Oc3ccc(NC(=O)Nc4cc(C(C)(C)C)nn4-c4ccc(C)cc4)c4ccccc34)n2)cc(SCCCN2CCOCC2)c1. The molecule has 0 radical (unpaired) electrons. The highest BCUT2D eigenvalue weighted by molar-refractivity contribution is 7.99. The molecule has 2 aromatic heterocycles. The topological polar surface area (TPSA) is 116 Å². The number of aromatic nitrogens is 4. The van der Waals surface area contributed by atoms with Crippen LogP contribution in [0.1, 0.15) is 49.8 Å². The van der Waals surface area contributed by atoms with E-state index < -0.39 is 0 Å². The Kier molecular flexibility index (Phi) is 12.2. The summed E-state index contributed by atoms with van der Waals surface area (Å²) in [5.74, 6) is 4.08. The van der Waals surface area contributed by atoms with Gasteiger partial charge in [-0.05, 0) is 73.7 Å². The third-order valence-corrected chi connectivity index (χ3v) is 10.6. The van der Waals surface area contributed by atoms with E-state index in [1.807, 2.05) is 91.5 Å². The van der Waals surface area contributed by atoms with Crippen LogP contribution in [0.15, 0.2) is 102 Å². The lowest BCUT2D eigenvalue weighted by Gasteiger charge is -2.26. The van der Waals surface area contributed by atoms with Crippen LogP contribution in [-0.4, -0.2) is 76.4 Å².